The Kier molecular flexibility index (Phi) is 2.35. The van der Waals surface area contributed by atoms with Crippen LogP contribution in [0.4, 0.5) is 5.82 Å². The zero-order chi connectivity index (χ0) is 10.2. The van der Waals surface area contributed by atoms with E-state index in [4.69, 9.17) is 11.6 Å². The van der Waals surface area contributed by atoms with Crippen LogP contribution in [0.25, 0.3) is 0 Å². The highest BCUT2D eigenvalue weighted by atomic mass is 35.5. The van der Waals surface area contributed by atoms with Crippen LogP contribution in [-0.4, -0.2) is 22.1 Å². The fourth-order valence-corrected chi connectivity index (χ4v) is 2.14. The normalized spacial score (nSPS) is 20.1. The van der Waals surface area contributed by atoms with E-state index in [2.05, 4.69) is 28.7 Å². The van der Waals surface area contributed by atoms with Crippen LogP contribution >= 0.6 is 11.6 Å². The zero-order valence-electron chi connectivity index (χ0n) is 8.50. The Balaban J connectivity index is 2.31. The lowest BCUT2D eigenvalue weighted by molar-refractivity contribution is 0.514. The average Bonchev–Trinajstić information content (AvgIpc) is 2.45. The van der Waals surface area contributed by atoms with Crippen molar-refractivity contribution >= 4 is 17.4 Å². The minimum absolute atomic E-state index is 0.180. The number of aromatic nitrogens is 2. The lowest BCUT2D eigenvalue weighted by Crippen LogP contribution is -2.38. The highest BCUT2D eigenvalue weighted by Gasteiger charge is 2.32. The van der Waals surface area contributed by atoms with Gasteiger partial charge in [-0.05, 0) is 26.7 Å². The van der Waals surface area contributed by atoms with Gasteiger partial charge in [0.25, 0.3) is 0 Å². The molecular formula is C10H14ClN3. The molecule has 1 aromatic heterocycles. The maximum absolute atomic E-state index is 5.82. The summed E-state index contributed by atoms with van der Waals surface area (Å²) in [4.78, 5) is 10.6. The van der Waals surface area contributed by atoms with Crippen molar-refractivity contribution < 1.29 is 0 Å². The third-order valence-electron chi connectivity index (χ3n) is 2.77. The first-order valence-electron chi connectivity index (χ1n) is 4.85. The first kappa shape index (κ1) is 9.71. The molecule has 0 amide bonds. The standard InChI is InChI=1S/C10H14ClN3/c1-10(2)4-3-5-14(10)9-7-12-6-8(11)13-9/h6-7H,3-5H2,1-2H3. The molecule has 0 aliphatic carbocycles. The number of hydrogen-bond acceptors (Lipinski definition) is 3. The Morgan fingerprint density at radius 3 is 2.79 bits per heavy atom. The predicted octanol–water partition coefficient (Wildman–Crippen LogP) is 2.51. The van der Waals surface area contributed by atoms with E-state index in [1.807, 2.05) is 0 Å². The molecule has 1 fully saturated rings. The lowest BCUT2D eigenvalue weighted by Gasteiger charge is -2.32. The zero-order valence-corrected chi connectivity index (χ0v) is 9.25. The summed E-state index contributed by atoms with van der Waals surface area (Å²) >= 11 is 5.82. The van der Waals surface area contributed by atoms with Crippen molar-refractivity contribution in [2.24, 2.45) is 0 Å². The molecule has 14 heavy (non-hydrogen) atoms. The molecule has 1 aliphatic heterocycles. The Morgan fingerprint density at radius 2 is 2.21 bits per heavy atom. The maximum atomic E-state index is 5.82. The van der Waals surface area contributed by atoms with Crippen LogP contribution in [0.2, 0.25) is 5.15 Å². The third kappa shape index (κ3) is 1.69. The molecule has 2 heterocycles. The number of rotatable bonds is 1. The summed E-state index contributed by atoms with van der Waals surface area (Å²) in [5, 5.41) is 0.463. The van der Waals surface area contributed by atoms with E-state index in [1.165, 1.54) is 12.8 Å². The minimum atomic E-state index is 0.180. The largest absolute Gasteiger partial charge is 0.350 e. The van der Waals surface area contributed by atoms with Crippen molar-refractivity contribution in [2.75, 3.05) is 11.4 Å². The van der Waals surface area contributed by atoms with Crippen molar-refractivity contribution in [1.29, 1.82) is 0 Å². The molecule has 0 N–H and O–H groups in total. The second kappa shape index (κ2) is 3.39. The summed E-state index contributed by atoms with van der Waals surface area (Å²) in [6, 6.07) is 0. The summed E-state index contributed by atoms with van der Waals surface area (Å²) in [6.07, 6.45) is 5.75. The van der Waals surface area contributed by atoms with Crippen molar-refractivity contribution in [3.8, 4) is 0 Å². The molecule has 0 atom stereocenters. The first-order chi connectivity index (χ1) is 6.59. The van der Waals surface area contributed by atoms with Crippen LogP contribution in [-0.2, 0) is 0 Å². The second-order valence-electron chi connectivity index (χ2n) is 4.27. The third-order valence-corrected chi connectivity index (χ3v) is 2.95. The average molecular weight is 212 g/mol. The van der Waals surface area contributed by atoms with E-state index in [0.717, 1.165) is 12.4 Å². The highest BCUT2D eigenvalue weighted by molar-refractivity contribution is 6.29. The number of halogens is 1. The quantitative estimate of drug-likeness (QED) is 0.715. The monoisotopic (exact) mass is 211 g/mol. The molecule has 0 bridgehead atoms. The predicted molar refractivity (Wildman–Crippen MR) is 57.7 cm³/mol. The van der Waals surface area contributed by atoms with Crippen molar-refractivity contribution in [3.63, 3.8) is 0 Å². The van der Waals surface area contributed by atoms with Gasteiger partial charge in [-0.2, -0.15) is 0 Å². The van der Waals surface area contributed by atoms with Gasteiger partial charge in [0.15, 0.2) is 0 Å². The minimum Gasteiger partial charge on any atom is -0.350 e. The van der Waals surface area contributed by atoms with Crippen molar-refractivity contribution in [2.45, 2.75) is 32.2 Å². The van der Waals surface area contributed by atoms with Gasteiger partial charge in [-0.3, -0.25) is 4.98 Å². The van der Waals surface area contributed by atoms with E-state index >= 15 is 0 Å². The van der Waals surface area contributed by atoms with Gasteiger partial charge in [-0.25, -0.2) is 4.98 Å². The van der Waals surface area contributed by atoms with Crippen LogP contribution in [0.15, 0.2) is 12.4 Å². The van der Waals surface area contributed by atoms with Crippen LogP contribution in [0, 0.1) is 0 Å². The van der Waals surface area contributed by atoms with Gasteiger partial charge in [0, 0.05) is 12.1 Å². The molecular weight excluding hydrogens is 198 g/mol. The van der Waals surface area contributed by atoms with Crippen molar-refractivity contribution in [3.05, 3.63) is 17.5 Å². The van der Waals surface area contributed by atoms with Gasteiger partial charge < -0.3 is 4.90 Å². The van der Waals surface area contributed by atoms with Gasteiger partial charge in [-0.15, -0.1) is 0 Å². The van der Waals surface area contributed by atoms with E-state index in [-0.39, 0.29) is 5.54 Å². The maximum Gasteiger partial charge on any atom is 0.149 e. The van der Waals surface area contributed by atoms with Gasteiger partial charge in [0.1, 0.15) is 11.0 Å². The van der Waals surface area contributed by atoms with Crippen LogP contribution in [0.1, 0.15) is 26.7 Å². The molecule has 3 nitrogen and oxygen atoms in total. The molecule has 0 saturated carbocycles. The summed E-state index contributed by atoms with van der Waals surface area (Å²) in [5.41, 5.74) is 0.180. The first-order valence-corrected chi connectivity index (χ1v) is 5.22. The highest BCUT2D eigenvalue weighted by Crippen LogP contribution is 2.32. The fraction of sp³-hybridized carbons (Fsp3) is 0.600. The summed E-state index contributed by atoms with van der Waals surface area (Å²) in [6.45, 7) is 5.49. The van der Waals surface area contributed by atoms with Crippen LogP contribution in [0.5, 0.6) is 0 Å². The Bertz CT molecular complexity index is 338. The summed E-state index contributed by atoms with van der Waals surface area (Å²) in [7, 11) is 0. The van der Waals surface area contributed by atoms with Gasteiger partial charge in [0.05, 0.1) is 12.4 Å². The molecule has 0 radical (unpaired) electrons. The number of hydrogen-bond donors (Lipinski definition) is 0. The molecule has 76 valence electrons. The van der Waals surface area contributed by atoms with Gasteiger partial charge >= 0.3 is 0 Å². The SMILES string of the molecule is CC1(C)CCCN1c1cncc(Cl)n1. The molecule has 4 heteroatoms. The Labute approximate surface area is 89.1 Å². The van der Waals surface area contributed by atoms with Gasteiger partial charge in [0.2, 0.25) is 0 Å². The summed E-state index contributed by atoms with van der Waals surface area (Å²) < 4.78 is 0. The lowest BCUT2D eigenvalue weighted by atomic mass is 10.0. The smallest absolute Gasteiger partial charge is 0.149 e. The molecule has 1 aliphatic rings. The van der Waals surface area contributed by atoms with E-state index in [1.54, 1.807) is 12.4 Å². The molecule has 0 spiro atoms. The molecule has 1 saturated heterocycles. The van der Waals surface area contributed by atoms with Crippen LogP contribution < -0.4 is 4.90 Å². The van der Waals surface area contributed by atoms with Crippen LogP contribution in [0.3, 0.4) is 0 Å². The molecule has 0 unspecified atom stereocenters. The fourth-order valence-electron chi connectivity index (χ4n) is 1.99. The number of nitrogens with zero attached hydrogens (tertiary/aromatic N) is 3. The number of anilines is 1. The Morgan fingerprint density at radius 1 is 1.43 bits per heavy atom. The topological polar surface area (TPSA) is 29.0 Å². The molecule has 1 aromatic rings. The van der Waals surface area contributed by atoms with Crippen molar-refractivity contribution in [1.82, 2.24) is 9.97 Å². The van der Waals surface area contributed by atoms with E-state index < -0.39 is 0 Å². The van der Waals surface area contributed by atoms with E-state index in [9.17, 15) is 0 Å². The molecule has 0 aromatic carbocycles. The summed E-state index contributed by atoms with van der Waals surface area (Å²) in [5.74, 6) is 0.889. The van der Waals surface area contributed by atoms with Gasteiger partial charge in [-0.1, -0.05) is 11.6 Å². The molecule has 2 rings (SSSR count). The Hall–Kier alpha value is -0.830. The second-order valence-corrected chi connectivity index (χ2v) is 4.65. The van der Waals surface area contributed by atoms with E-state index in [0.29, 0.717) is 5.15 Å².